The van der Waals surface area contributed by atoms with Gasteiger partial charge in [0.15, 0.2) is 0 Å². The second kappa shape index (κ2) is 4.94. The molecule has 1 aliphatic rings. The van der Waals surface area contributed by atoms with Crippen LogP contribution in [0, 0.1) is 6.92 Å². The summed E-state index contributed by atoms with van der Waals surface area (Å²) in [5.74, 6) is 0. The third kappa shape index (κ3) is 2.90. The average molecular weight is 234 g/mol. The van der Waals surface area contributed by atoms with Gasteiger partial charge in [-0.15, -0.1) is 0 Å². The van der Waals surface area contributed by atoms with Crippen LogP contribution in [0.15, 0.2) is 18.2 Å². The maximum absolute atomic E-state index is 6.11. The Bertz CT molecular complexity index is 391. The third-order valence-electron chi connectivity index (χ3n) is 3.37. The first-order valence-corrected chi connectivity index (χ1v) is 6.11. The summed E-state index contributed by atoms with van der Waals surface area (Å²) in [5, 5.41) is 0. The number of nitrogens with two attached hydrogens (primary N) is 2. The molecule has 17 heavy (non-hydrogen) atoms. The molecule has 4 nitrogen and oxygen atoms in total. The minimum Gasteiger partial charge on any atom is -0.399 e. The van der Waals surface area contributed by atoms with Gasteiger partial charge in [-0.2, -0.15) is 0 Å². The van der Waals surface area contributed by atoms with Crippen molar-refractivity contribution in [3.8, 4) is 0 Å². The molecular weight excluding hydrogens is 212 g/mol. The minimum absolute atomic E-state index is 0.209. The van der Waals surface area contributed by atoms with Gasteiger partial charge in [-0.1, -0.05) is 0 Å². The summed E-state index contributed by atoms with van der Waals surface area (Å²) in [5.41, 5.74) is 15.2. The largest absolute Gasteiger partial charge is 0.399 e. The Morgan fingerprint density at radius 2 is 2.00 bits per heavy atom. The molecule has 4 heteroatoms. The number of benzene rings is 1. The first-order chi connectivity index (χ1) is 8.06. The molecular formula is C13H22N4. The molecule has 1 heterocycles. The highest BCUT2D eigenvalue weighted by Crippen LogP contribution is 2.21. The van der Waals surface area contributed by atoms with Gasteiger partial charge in [0.2, 0.25) is 0 Å². The molecule has 0 amide bonds. The third-order valence-corrected chi connectivity index (χ3v) is 3.37. The van der Waals surface area contributed by atoms with Crippen LogP contribution in [0.1, 0.15) is 5.56 Å². The SMILES string of the molecule is Cc1cc(N2CCN(C)CC(N)C2)ccc1N. The minimum atomic E-state index is 0.209. The maximum atomic E-state index is 6.11. The van der Waals surface area contributed by atoms with E-state index in [1.165, 1.54) is 5.69 Å². The normalized spacial score (nSPS) is 22.5. The first-order valence-electron chi connectivity index (χ1n) is 6.11. The predicted molar refractivity (Wildman–Crippen MR) is 73.3 cm³/mol. The fraction of sp³-hybridized carbons (Fsp3) is 0.538. The summed E-state index contributed by atoms with van der Waals surface area (Å²) in [4.78, 5) is 4.63. The van der Waals surface area contributed by atoms with Crippen molar-refractivity contribution < 1.29 is 0 Å². The van der Waals surface area contributed by atoms with Gasteiger partial charge in [-0.3, -0.25) is 0 Å². The number of anilines is 2. The lowest BCUT2D eigenvalue weighted by Gasteiger charge is -2.25. The molecule has 1 saturated heterocycles. The van der Waals surface area contributed by atoms with Gasteiger partial charge in [0.05, 0.1) is 0 Å². The number of aryl methyl sites for hydroxylation is 1. The Balaban J connectivity index is 2.17. The molecule has 2 rings (SSSR count). The highest BCUT2D eigenvalue weighted by atomic mass is 15.2. The number of hydrogen-bond donors (Lipinski definition) is 2. The van der Waals surface area contributed by atoms with Crippen molar-refractivity contribution in [1.82, 2.24) is 4.90 Å². The number of hydrogen-bond acceptors (Lipinski definition) is 4. The van der Waals surface area contributed by atoms with Crippen molar-refractivity contribution in [2.45, 2.75) is 13.0 Å². The molecule has 4 N–H and O–H groups in total. The second-order valence-corrected chi connectivity index (χ2v) is 5.01. The number of nitrogen functional groups attached to an aromatic ring is 1. The van der Waals surface area contributed by atoms with E-state index in [1.54, 1.807) is 0 Å². The summed E-state index contributed by atoms with van der Waals surface area (Å²) in [6.45, 7) is 5.99. The van der Waals surface area contributed by atoms with Crippen LogP contribution in [0.4, 0.5) is 11.4 Å². The Morgan fingerprint density at radius 1 is 1.24 bits per heavy atom. The van der Waals surface area contributed by atoms with Crippen molar-refractivity contribution >= 4 is 11.4 Å². The molecule has 0 bridgehead atoms. The maximum Gasteiger partial charge on any atom is 0.0371 e. The van der Waals surface area contributed by atoms with Crippen molar-refractivity contribution in [2.75, 3.05) is 43.9 Å². The molecule has 1 aromatic carbocycles. The fourth-order valence-electron chi connectivity index (χ4n) is 2.31. The molecule has 0 aliphatic carbocycles. The smallest absolute Gasteiger partial charge is 0.0371 e. The lowest BCUT2D eigenvalue weighted by atomic mass is 10.1. The average Bonchev–Trinajstić information content (AvgIpc) is 2.43. The van der Waals surface area contributed by atoms with E-state index in [1.807, 2.05) is 13.0 Å². The summed E-state index contributed by atoms with van der Waals surface area (Å²) in [6, 6.07) is 6.42. The van der Waals surface area contributed by atoms with Crippen LogP contribution in [-0.2, 0) is 0 Å². The summed E-state index contributed by atoms with van der Waals surface area (Å²) < 4.78 is 0. The lowest BCUT2D eigenvalue weighted by Crippen LogP contribution is -2.39. The molecule has 1 atom stereocenters. The second-order valence-electron chi connectivity index (χ2n) is 5.01. The monoisotopic (exact) mass is 234 g/mol. The predicted octanol–water partition coefficient (Wildman–Crippen LogP) is 0.656. The van der Waals surface area contributed by atoms with Crippen molar-refractivity contribution in [2.24, 2.45) is 5.73 Å². The highest BCUT2D eigenvalue weighted by molar-refractivity contribution is 5.58. The first kappa shape index (κ1) is 12.2. The van der Waals surface area contributed by atoms with E-state index >= 15 is 0 Å². The van der Waals surface area contributed by atoms with Crippen LogP contribution in [-0.4, -0.2) is 44.2 Å². The quantitative estimate of drug-likeness (QED) is 0.701. The van der Waals surface area contributed by atoms with E-state index in [2.05, 4.69) is 29.0 Å². The Kier molecular flexibility index (Phi) is 3.54. The van der Waals surface area contributed by atoms with Crippen LogP contribution in [0.25, 0.3) is 0 Å². The van der Waals surface area contributed by atoms with E-state index in [0.717, 1.165) is 37.4 Å². The zero-order valence-electron chi connectivity index (χ0n) is 10.7. The number of nitrogens with zero attached hydrogens (tertiary/aromatic N) is 2. The zero-order chi connectivity index (χ0) is 12.4. The Hall–Kier alpha value is -1.26. The topological polar surface area (TPSA) is 58.5 Å². The van der Waals surface area contributed by atoms with Crippen LogP contribution in [0.5, 0.6) is 0 Å². The van der Waals surface area contributed by atoms with Gasteiger partial charge in [0, 0.05) is 43.6 Å². The van der Waals surface area contributed by atoms with Gasteiger partial charge in [-0.25, -0.2) is 0 Å². The molecule has 1 fully saturated rings. The Morgan fingerprint density at radius 3 is 2.71 bits per heavy atom. The van der Waals surface area contributed by atoms with Crippen molar-refractivity contribution in [3.05, 3.63) is 23.8 Å². The standard InChI is InChI=1S/C13H22N4/c1-10-7-12(3-4-13(10)15)17-6-5-16(2)8-11(14)9-17/h3-4,7,11H,5-6,8-9,14-15H2,1-2H3. The zero-order valence-corrected chi connectivity index (χ0v) is 10.7. The molecule has 0 radical (unpaired) electrons. The molecule has 0 spiro atoms. The Labute approximate surface area is 103 Å². The van der Waals surface area contributed by atoms with E-state index in [4.69, 9.17) is 11.5 Å². The molecule has 0 aromatic heterocycles. The van der Waals surface area contributed by atoms with Gasteiger partial charge in [0.25, 0.3) is 0 Å². The molecule has 1 aliphatic heterocycles. The van der Waals surface area contributed by atoms with E-state index in [0.29, 0.717) is 0 Å². The molecule has 1 unspecified atom stereocenters. The summed E-state index contributed by atoms with van der Waals surface area (Å²) in [6.07, 6.45) is 0. The molecule has 1 aromatic rings. The van der Waals surface area contributed by atoms with Crippen LogP contribution < -0.4 is 16.4 Å². The van der Waals surface area contributed by atoms with E-state index in [9.17, 15) is 0 Å². The summed E-state index contributed by atoms with van der Waals surface area (Å²) in [7, 11) is 2.12. The number of likely N-dealkylation sites (N-methyl/N-ethyl adjacent to an activating group) is 1. The molecule has 94 valence electrons. The van der Waals surface area contributed by atoms with Crippen molar-refractivity contribution in [1.29, 1.82) is 0 Å². The highest BCUT2D eigenvalue weighted by Gasteiger charge is 2.18. The summed E-state index contributed by atoms with van der Waals surface area (Å²) >= 11 is 0. The van der Waals surface area contributed by atoms with Crippen molar-refractivity contribution in [3.63, 3.8) is 0 Å². The van der Waals surface area contributed by atoms with Crippen LogP contribution >= 0.6 is 0 Å². The van der Waals surface area contributed by atoms with Gasteiger partial charge < -0.3 is 21.3 Å². The fourth-order valence-corrected chi connectivity index (χ4v) is 2.31. The van der Waals surface area contributed by atoms with Crippen LogP contribution in [0.3, 0.4) is 0 Å². The van der Waals surface area contributed by atoms with Gasteiger partial charge >= 0.3 is 0 Å². The van der Waals surface area contributed by atoms with Crippen LogP contribution in [0.2, 0.25) is 0 Å². The van der Waals surface area contributed by atoms with E-state index < -0.39 is 0 Å². The number of rotatable bonds is 1. The molecule has 0 saturated carbocycles. The van der Waals surface area contributed by atoms with E-state index in [-0.39, 0.29) is 6.04 Å². The lowest BCUT2D eigenvalue weighted by molar-refractivity contribution is 0.343. The van der Waals surface area contributed by atoms with Gasteiger partial charge in [-0.05, 0) is 37.7 Å². The van der Waals surface area contributed by atoms with Gasteiger partial charge in [0.1, 0.15) is 0 Å².